The second-order valence-electron chi connectivity index (χ2n) is 5.43. The minimum atomic E-state index is -0.230. The largest absolute Gasteiger partial charge is 0.356 e. The average molecular weight is 325 g/mol. The number of hydrogen-bond acceptors (Lipinski definition) is 2. The molecule has 0 spiro atoms. The number of aliphatic imine (C=N–C) groups is 1. The van der Waals surface area contributed by atoms with Gasteiger partial charge in [-0.1, -0.05) is 24.3 Å². The summed E-state index contributed by atoms with van der Waals surface area (Å²) in [5.74, 6) is 1.42. The lowest BCUT2D eigenvalue weighted by atomic mass is 10.2. The summed E-state index contributed by atoms with van der Waals surface area (Å²) in [6, 6.07) is 14.4. The molecular formula is C18H20FN5. The summed E-state index contributed by atoms with van der Waals surface area (Å²) in [4.78, 5) is 12.0. The molecule has 0 aliphatic carbocycles. The first-order valence-electron chi connectivity index (χ1n) is 7.87. The summed E-state index contributed by atoms with van der Waals surface area (Å²) in [6.07, 6.45) is 0.770. The van der Waals surface area contributed by atoms with Gasteiger partial charge in [0.05, 0.1) is 11.0 Å². The average Bonchev–Trinajstić information content (AvgIpc) is 3.02. The Labute approximate surface area is 140 Å². The number of H-pyrrole nitrogens is 1. The Morgan fingerprint density at radius 1 is 1.12 bits per heavy atom. The molecule has 124 valence electrons. The first-order chi connectivity index (χ1) is 11.7. The molecule has 0 saturated carbocycles. The van der Waals surface area contributed by atoms with Crippen LogP contribution in [0.4, 0.5) is 4.39 Å². The van der Waals surface area contributed by atoms with E-state index in [1.54, 1.807) is 19.2 Å². The van der Waals surface area contributed by atoms with E-state index in [1.165, 1.54) is 12.1 Å². The fraction of sp³-hybridized carbons (Fsp3) is 0.222. The molecule has 3 aromatic rings. The Morgan fingerprint density at radius 3 is 2.67 bits per heavy atom. The number of guanidine groups is 1. The van der Waals surface area contributed by atoms with Crippen LogP contribution in [0, 0.1) is 5.82 Å². The van der Waals surface area contributed by atoms with E-state index in [0.29, 0.717) is 19.0 Å². The molecule has 3 N–H and O–H groups in total. The van der Waals surface area contributed by atoms with Gasteiger partial charge >= 0.3 is 0 Å². The molecule has 0 unspecified atom stereocenters. The minimum Gasteiger partial charge on any atom is -0.356 e. The summed E-state index contributed by atoms with van der Waals surface area (Å²) < 4.78 is 12.9. The Bertz CT molecular complexity index is 790. The van der Waals surface area contributed by atoms with Crippen LogP contribution in [-0.4, -0.2) is 29.5 Å². The van der Waals surface area contributed by atoms with Crippen LogP contribution in [-0.2, 0) is 13.0 Å². The van der Waals surface area contributed by atoms with E-state index in [1.807, 2.05) is 24.3 Å². The number of nitrogens with one attached hydrogen (secondary N) is 3. The van der Waals surface area contributed by atoms with Crippen molar-refractivity contribution in [1.82, 2.24) is 20.6 Å². The van der Waals surface area contributed by atoms with Crippen molar-refractivity contribution < 1.29 is 4.39 Å². The van der Waals surface area contributed by atoms with Crippen molar-refractivity contribution in [3.63, 3.8) is 0 Å². The third-order valence-corrected chi connectivity index (χ3v) is 3.69. The van der Waals surface area contributed by atoms with Gasteiger partial charge in [-0.05, 0) is 29.8 Å². The molecule has 0 aliphatic heterocycles. The third kappa shape index (κ3) is 4.10. The Hall–Kier alpha value is -2.89. The van der Waals surface area contributed by atoms with Crippen molar-refractivity contribution >= 4 is 17.0 Å². The van der Waals surface area contributed by atoms with Gasteiger partial charge in [-0.25, -0.2) is 9.37 Å². The summed E-state index contributed by atoms with van der Waals surface area (Å²) in [7, 11) is 1.72. The number of benzene rings is 2. The Balaban J connectivity index is 1.48. The number of hydrogen-bond donors (Lipinski definition) is 3. The van der Waals surface area contributed by atoms with Crippen LogP contribution in [0.15, 0.2) is 53.5 Å². The molecule has 1 heterocycles. The predicted octanol–water partition coefficient (Wildman–Crippen LogP) is 2.61. The fourth-order valence-electron chi connectivity index (χ4n) is 2.43. The van der Waals surface area contributed by atoms with Crippen molar-refractivity contribution in [2.45, 2.75) is 13.0 Å². The van der Waals surface area contributed by atoms with Crippen molar-refractivity contribution in [3.8, 4) is 0 Å². The monoisotopic (exact) mass is 325 g/mol. The van der Waals surface area contributed by atoms with Gasteiger partial charge in [0.25, 0.3) is 0 Å². The molecule has 5 nitrogen and oxygen atoms in total. The molecule has 1 aromatic heterocycles. The predicted molar refractivity (Wildman–Crippen MR) is 94.4 cm³/mol. The number of fused-ring (bicyclic) bond motifs is 1. The molecular weight excluding hydrogens is 305 g/mol. The number of imidazole rings is 1. The fourth-order valence-corrected chi connectivity index (χ4v) is 2.43. The smallest absolute Gasteiger partial charge is 0.191 e. The summed E-state index contributed by atoms with van der Waals surface area (Å²) in [6.45, 7) is 1.30. The highest BCUT2D eigenvalue weighted by atomic mass is 19.1. The standard InChI is InChI=1S/C18H20FN5/c1-20-18(22-12-13-6-8-14(19)9-7-13)21-11-10-17-23-15-4-2-3-5-16(15)24-17/h2-9H,10-12H2,1H3,(H,23,24)(H2,20,21,22). The SMILES string of the molecule is CN=C(NCCc1nc2ccccc2[nH]1)NCc1ccc(F)cc1. The maximum absolute atomic E-state index is 12.9. The van der Waals surface area contributed by atoms with Gasteiger partial charge < -0.3 is 15.6 Å². The number of rotatable bonds is 5. The zero-order chi connectivity index (χ0) is 16.8. The second-order valence-corrected chi connectivity index (χ2v) is 5.43. The molecule has 0 amide bonds. The lowest BCUT2D eigenvalue weighted by Gasteiger charge is -2.11. The van der Waals surface area contributed by atoms with Crippen molar-refractivity contribution in [2.75, 3.05) is 13.6 Å². The molecule has 2 aromatic carbocycles. The van der Waals surface area contributed by atoms with Crippen LogP contribution in [0.2, 0.25) is 0 Å². The van der Waals surface area contributed by atoms with Crippen LogP contribution in [0.3, 0.4) is 0 Å². The van der Waals surface area contributed by atoms with Crippen LogP contribution in [0.1, 0.15) is 11.4 Å². The van der Waals surface area contributed by atoms with Crippen molar-refractivity contribution in [1.29, 1.82) is 0 Å². The van der Waals surface area contributed by atoms with E-state index >= 15 is 0 Å². The molecule has 24 heavy (non-hydrogen) atoms. The summed E-state index contributed by atoms with van der Waals surface area (Å²) in [5, 5.41) is 6.45. The molecule has 0 atom stereocenters. The number of halogens is 1. The van der Waals surface area contributed by atoms with E-state index in [-0.39, 0.29) is 5.82 Å². The Morgan fingerprint density at radius 2 is 1.92 bits per heavy atom. The van der Waals surface area contributed by atoms with Crippen LogP contribution in [0.25, 0.3) is 11.0 Å². The van der Waals surface area contributed by atoms with E-state index in [4.69, 9.17) is 0 Å². The first-order valence-corrected chi connectivity index (χ1v) is 7.87. The highest BCUT2D eigenvalue weighted by Crippen LogP contribution is 2.10. The van der Waals surface area contributed by atoms with Gasteiger partial charge in [0.2, 0.25) is 0 Å². The lowest BCUT2D eigenvalue weighted by molar-refractivity contribution is 0.626. The zero-order valence-electron chi connectivity index (χ0n) is 13.5. The minimum absolute atomic E-state index is 0.230. The molecule has 0 fully saturated rings. The highest BCUT2D eigenvalue weighted by Gasteiger charge is 2.03. The molecule has 3 rings (SSSR count). The second kappa shape index (κ2) is 7.59. The quantitative estimate of drug-likeness (QED) is 0.499. The van der Waals surface area contributed by atoms with Crippen molar-refractivity contribution in [3.05, 3.63) is 65.7 Å². The Kier molecular flexibility index (Phi) is 5.05. The number of para-hydroxylation sites is 2. The van der Waals surface area contributed by atoms with Crippen LogP contribution in [0.5, 0.6) is 0 Å². The van der Waals surface area contributed by atoms with E-state index in [9.17, 15) is 4.39 Å². The number of aromatic amines is 1. The molecule has 0 aliphatic rings. The maximum Gasteiger partial charge on any atom is 0.191 e. The van der Waals surface area contributed by atoms with Crippen molar-refractivity contribution in [2.24, 2.45) is 4.99 Å². The summed E-state index contributed by atoms with van der Waals surface area (Å²) >= 11 is 0. The van der Waals surface area contributed by atoms with E-state index in [2.05, 4.69) is 25.6 Å². The normalized spacial score (nSPS) is 11.7. The molecule has 6 heteroatoms. The van der Waals surface area contributed by atoms with Gasteiger partial charge in [-0.3, -0.25) is 4.99 Å². The number of nitrogens with zero attached hydrogens (tertiary/aromatic N) is 2. The van der Waals surface area contributed by atoms with E-state index in [0.717, 1.165) is 28.8 Å². The van der Waals surface area contributed by atoms with Gasteiger partial charge in [0.15, 0.2) is 5.96 Å². The van der Waals surface area contributed by atoms with Gasteiger partial charge in [-0.2, -0.15) is 0 Å². The van der Waals surface area contributed by atoms with Gasteiger partial charge in [-0.15, -0.1) is 0 Å². The maximum atomic E-state index is 12.9. The van der Waals surface area contributed by atoms with Crippen LogP contribution >= 0.6 is 0 Å². The molecule has 0 radical (unpaired) electrons. The molecule has 0 bridgehead atoms. The van der Waals surface area contributed by atoms with Crippen LogP contribution < -0.4 is 10.6 Å². The highest BCUT2D eigenvalue weighted by molar-refractivity contribution is 5.79. The van der Waals surface area contributed by atoms with E-state index < -0.39 is 0 Å². The number of aromatic nitrogens is 2. The summed E-state index contributed by atoms with van der Waals surface area (Å²) in [5.41, 5.74) is 3.02. The first kappa shape index (κ1) is 16.0. The molecule has 0 saturated heterocycles. The van der Waals surface area contributed by atoms with Gasteiger partial charge in [0, 0.05) is 26.6 Å². The van der Waals surface area contributed by atoms with Gasteiger partial charge in [0.1, 0.15) is 11.6 Å². The lowest BCUT2D eigenvalue weighted by Crippen LogP contribution is -2.37. The zero-order valence-corrected chi connectivity index (χ0v) is 13.5. The topological polar surface area (TPSA) is 65.1 Å². The third-order valence-electron chi connectivity index (χ3n) is 3.69.